The molecule has 2 heteroatoms. The molecule has 1 N–H and O–H groups in total. The quantitative estimate of drug-likeness (QED) is 0.728. The van der Waals surface area contributed by atoms with Gasteiger partial charge in [-0.2, -0.15) is 0 Å². The van der Waals surface area contributed by atoms with E-state index in [0.29, 0.717) is 6.04 Å². The molecule has 0 aliphatic carbocycles. The molecule has 0 bridgehead atoms. The van der Waals surface area contributed by atoms with Gasteiger partial charge in [0.1, 0.15) is 0 Å². The third-order valence-electron chi connectivity index (χ3n) is 3.66. The first-order valence-electron chi connectivity index (χ1n) is 6.15. The molecule has 1 aliphatic rings. The second-order valence-corrected chi connectivity index (χ2v) is 4.67. The molecule has 1 aliphatic heterocycles. The predicted molar refractivity (Wildman–Crippen MR) is 62.6 cm³/mol. The molecule has 1 heterocycles. The van der Waals surface area contributed by atoms with Crippen molar-refractivity contribution in [1.29, 1.82) is 0 Å². The molecule has 1 unspecified atom stereocenters. The van der Waals surface area contributed by atoms with Gasteiger partial charge in [-0.3, -0.25) is 0 Å². The van der Waals surface area contributed by atoms with Crippen molar-refractivity contribution in [3.05, 3.63) is 0 Å². The minimum atomic E-state index is 0.666. The summed E-state index contributed by atoms with van der Waals surface area (Å²) in [6.07, 6.45) is 5.50. The highest BCUT2D eigenvalue weighted by atomic mass is 15.1. The smallest absolute Gasteiger partial charge is 0.00479 e. The Bertz CT molecular complexity index is 139. The topological polar surface area (TPSA) is 15.3 Å². The molecule has 0 aromatic carbocycles. The molecule has 2 nitrogen and oxygen atoms in total. The fourth-order valence-corrected chi connectivity index (χ4v) is 2.14. The molecule has 0 spiro atoms. The zero-order chi connectivity index (χ0) is 10.4. The number of hydrogen-bond donors (Lipinski definition) is 1. The summed E-state index contributed by atoms with van der Waals surface area (Å²) in [7, 11) is 2.05. The van der Waals surface area contributed by atoms with Gasteiger partial charge in [-0.25, -0.2) is 0 Å². The van der Waals surface area contributed by atoms with Crippen LogP contribution in [0.2, 0.25) is 0 Å². The lowest BCUT2D eigenvalue weighted by Gasteiger charge is -2.32. The summed E-state index contributed by atoms with van der Waals surface area (Å²) >= 11 is 0. The third-order valence-corrected chi connectivity index (χ3v) is 3.66. The second-order valence-electron chi connectivity index (χ2n) is 4.67. The van der Waals surface area contributed by atoms with Gasteiger partial charge in [-0.15, -0.1) is 0 Å². The number of likely N-dealkylation sites (tertiary alicyclic amines) is 1. The van der Waals surface area contributed by atoms with Gasteiger partial charge in [-0.05, 0) is 58.8 Å². The monoisotopic (exact) mass is 198 g/mol. The Morgan fingerprint density at radius 2 is 2.00 bits per heavy atom. The van der Waals surface area contributed by atoms with Gasteiger partial charge in [-0.1, -0.05) is 13.3 Å². The minimum Gasteiger partial charge on any atom is -0.317 e. The van der Waals surface area contributed by atoms with E-state index in [1.807, 2.05) is 7.05 Å². The largest absolute Gasteiger partial charge is 0.317 e. The molecule has 1 rings (SSSR count). The first kappa shape index (κ1) is 12.0. The highest BCUT2D eigenvalue weighted by Crippen LogP contribution is 2.19. The number of hydrogen-bond acceptors (Lipinski definition) is 2. The van der Waals surface area contributed by atoms with Crippen molar-refractivity contribution in [3.63, 3.8) is 0 Å². The molecule has 0 saturated carbocycles. The van der Waals surface area contributed by atoms with Crippen molar-refractivity contribution in [2.75, 3.05) is 26.7 Å². The lowest BCUT2D eigenvalue weighted by Crippen LogP contribution is -2.36. The number of piperidine rings is 1. The summed E-state index contributed by atoms with van der Waals surface area (Å²) in [6, 6.07) is 0.666. The van der Waals surface area contributed by atoms with Gasteiger partial charge in [0.05, 0.1) is 0 Å². The van der Waals surface area contributed by atoms with Gasteiger partial charge in [0.2, 0.25) is 0 Å². The molecule has 0 radical (unpaired) electrons. The van der Waals surface area contributed by atoms with E-state index in [9.17, 15) is 0 Å². The van der Waals surface area contributed by atoms with Crippen LogP contribution in [-0.2, 0) is 0 Å². The van der Waals surface area contributed by atoms with Gasteiger partial charge in [0.15, 0.2) is 0 Å². The maximum Gasteiger partial charge on any atom is 0.00479 e. The van der Waals surface area contributed by atoms with E-state index < -0.39 is 0 Å². The van der Waals surface area contributed by atoms with Crippen molar-refractivity contribution in [2.45, 2.75) is 45.6 Å². The number of nitrogens with one attached hydrogen (secondary N) is 1. The minimum absolute atomic E-state index is 0.666. The van der Waals surface area contributed by atoms with E-state index in [0.717, 1.165) is 5.92 Å². The van der Waals surface area contributed by atoms with Crippen LogP contribution in [0, 0.1) is 5.92 Å². The van der Waals surface area contributed by atoms with E-state index in [1.165, 1.54) is 45.3 Å². The van der Waals surface area contributed by atoms with Gasteiger partial charge in [0.25, 0.3) is 0 Å². The van der Waals surface area contributed by atoms with E-state index >= 15 is 0 Å². The maximum atomic E-state index is 3.30. The Labute approximate surface area is 89.1 Å². The molecule has 1 atom stereocenters. The Hall–Kier alpha value is -0.0800. The molecule has 1 saturated heterocycles. The van der Waals surface area contributed by atoms with E-state index in [-0.39, 0.29) is 0 Å². The molecule has 0 aromatic heterocycles. The van der Waals surface area contributed by atoms with Crippen LogP contribution in [0.1, 0.15) is 39.5 Å². The van der Waals surface area contributed by atoms with Crippen LogP contribution in [0.15, 0.2) is 0 Å². The summed E-state index contributed by atoms with van der Waals surface area (Å²) in [5.74, 6) is 1.01. The Morgan fingerprint density at radius 1 is 1.36 bits per heavy atom. The van der Waals surface area contributed by atoms with Crippen molar-refractivity contribution in [2.24, 2.45) is 5.92 Å². The average molecular weight is 198 g/mol. The second kappa shape index (κ2) is 6.41. The first-order valence-corrected chi connectivity index (χ1v) is 6.15. The third kappa shape index (κ3) is 3.97. The molecule has 14 heavy (non-hydrogen) atoms. The van der Waals surface area contributed by atoms with Crippen molar-refractivity contribution >= 4 is 0 Å². The van der Waals surface area contributed by atoms with Crippen LogP contribution in [0.3, 0.4) is 0 Å². The van der Waals surface area contributed by atoms with Crippen molar-refractivity contribution < 1.29 is 0 Å². The zero-order valence-corrected chi connectivity index (χ0v) is 10.1. The van der Waals surface area contributed by atoms with Crippen LogP contribution in [-0.4, -0.2) is 37.6 Å². The standard InChI is InChI=1S/C12H26N2/c1-4-12-6-9-14(10-7-12)8-5-11(2)13-3/h11-13H,4-10H2,1-3H3. The highest BCUT2D eigenvalue weighted by molar-refractivity contribution is 4.72. The summed E-state index contributed by atoms with van der Waals surface area (Å²) in [4.78, 5) is 2.62. The zero-order valence-electron chi connectivity index (χ0n) is 10.1. The molecule has 0 amide bonds. The Morgan fingerprint density at radius 3 is 2.50 bits per heavy atom. The van der Waals surface area contributed by atoms with E-state index in [2.05, 4.69) is 24.1 Å². The summed E-state index contributed by atoms with van der Waals surface area (Å²) < 4.78 is 0. The van der Waals surface area contributed by atoms with Crippen LogP contribution in [0.5, 0.6) is 0 Å². The molecule has 1 fully saturated rings. The fourth-order valence-electron chi connectivity index (χ4n) is 2.14. The van der Waals surface area contributed by atoms with Crippen LogP contribution in [0.25, 0.3) is 0 Å². The molecule has 0 aromatic rings. The summed E-state index contributed by atoms with van der Waals surface area (Å²) in [5, 5.41) is 3.30. The Kier molecular flexibility index (Phi) is 5.49. The number of nitrogens with zero attached hydrogens (tertiary/aromatic N) is 1. The fraction of sp³-hybridized carbons (Fsp3) is 1.00. The van der Waals surface area contributed by atoms with Gasteiger partial charge >= 0.3 is 0 Å². The van der Waals surface area contributed by atoms with E-state index in [1.54, 1.807) is 0 Å². The van der Waals surface area contributed by atoms with Crippen LogP contribution in [0.4, 0.5) is 0 Å². The van der Waals surface area contributed by atoms with Crippen molar-refractivity contribution in [1.82, 2.24) is 10.2 Å². The number of rotatable bonds is 5. The average Bonchev–Trinajstić information content (AvgIpc) is 2.26. The van der Waals surface area contributed by atoms with E-state index in [4.69, 9.17) is 0 Å². The lowest BCUT2D eigenvalue weighted by molar-refractivity contribution is 0.176. The summed E-state index contributed by atoms with van der Waals surface area (Å²) in [5.41, 5.74) is 0. The SMILES string of the molecule is CCC1CCN(CCC(C)NC)CC1. The maximum absolute atomic E-state index is 3.30. The molecule has 84 valence electrons. The normalized spacial score (nSPS) is 22.5. The van der Waals surface area contributed by atoms with Crippen LogP contribution < -0.4 is 5.32 Å². The molecular weight excluding hydrogens is 172 g/mol. The lowest BCUT2D eigenvalue weighted by atomic mass is 9.94. The first-order chi connectivity index (χ1) is 6.76. The predicted octanol–water partition coefficient (Wildman–Crippen LogP) is 2.11. The van der Waals surface area contributed by atoms with Gasteiger partial charge in [0, 0.05) is 6.04 Å². The summed E-state index contributed by atoms with van der Waals surface area (Å²) in [6.45, 7) is 8.52. The van der Waals surface area contributed by atoms with Crippen molar-refractivity contribution in [3.8, 4) is 0 Å². The Balaban J connectivity index is 2.10. The molecular formula is C12H26N2. The van der Waals surface area contributed by atoms with Gasteiger partial charge < -0.3 is 10.2 Å². The van der Waals surface area contributed by atoms with Crippen LogP contribution >= 0.6 is 0 Å². The highest BCUT2D eigenvalue weighted by Gasteiger charge is 2.17.